The molecule has 1 fully saturated rings. The van der Waals surface area contributed by atoms with Crippen molar-refractivity contribution in [3.05, 3.63) is 0 Å². The molecule has 1 aliphatic carbocycles. The summed E-state index contributed by atoms with van der Waals surface area (Å²) < 4.78 is 0. The van der Waals surface area contributed by atoms with Gasteiger partial charge in [-0.05, 0) is 32.2 Å². The summed E-state index contributed by atoms with van der Waals surface area (Å²) in [7, 11) is 1.91. The lowest BCUT2D eigenvalue weighted by Crippen LogP contribution is -2.40. The Labute approximate surface area is 81.3 Å². The van der Waals surface area contributed by atoms with Crippen LogP contribution >= 0.6 is 0 Å². The molecule has 0 aliphatic heterocycles. The summed E-state index contributed by atoms with van der Waals surface area (Å²) >= 11 is 0. The highest BCUT2D eigenvalue weighted by Crippen LogP contribution is 2.31. The maximum atomic E-state index is 9.11. The second kappa shape index (κ2) is 4.62. The largest absolute Gasteiger partial charge is 0.302 e. The Bertz CT molecular complexity index is 195. The van der Waals surface area contributed by atoms with E-state index in [1.807, 2.05) is 7.05 Å². The van der Waals surface area contributed by atoms with Crippen molar-refractivity contribution in [1.82, 2.24) is 5.32 Å². The Hall–Kier alpha value is -0.550. The van der Waals surface area contributed by atoms with Gasteiger partial charge in [0.15, 0.2) is 0 Å². The number of nitriles is 1. The highest BCUT2D eigenvalue weighted by atomic mass is 14.9. The van der Waals surface area contributed by atoms with Gasteiger partial charge >= 0.3 is 0 Å². The smallest absolute Gasteiger partial charge is 0.106 e. The molecule has 2 nitrogen and oxygen atoms in total. The summed E-state index contributed by atoms with van der Waals surface area (Å²) in [4.78, 5) is 0. The molecule has 2 heteroatoms. The molecule has 74 valence electrons. The fourth-order valence-corrected chi connectivity index (χ4v) is 2.24. The molecule has 0 spiro atoms. The van der Waals surface area contributed by atoms with Gasteiger partial charge in [-0.1, -0.05) is 26.2 Å². The molecule has 0 aromatic rings. The van der Waals surface area contributed by atoms with Crippen molar-refractivity contribution in [3.8, 4) is 6.07 Å². The van der Waals surface area contributed by atoms with Crippen LogP contribution in [0.5, 0.6) is 0 Å². The Morgan fingerprint density at radius 2 is 2.23 bits per heavy atom. The van der Waals surface area contributed by atoms with Crippen molar-refractivity contribution in [2.45, 2.75) is 51.0 Å². The zero-order valence-electron chi connectivity index (χ0n) is 8.77. The SMILES string of the molecule is CCC1CCCC(C#N)(NC)CC1. The number of hydrogen-bond acceptors (Lipinski definition) is 2. The number of rotatable bonds is 2. The van der Waals surface area contributed by atoms with Crippen molar-refractivity contribution in [2.24, 2.45) is 5.92 Å². The zero-order valence-corrected chi connectivity index (χ0v) is 8.77. The standard InChI is InChI=1S/C11H20N2/c1-3-10-5-4-7-11(9-12,13-2)8-6-10/h10,13H,3-8H2,1-2H3. The highest BCUT2D eigenvalue weighted by Gasteiger charge is 2.30. The predicted molar refractivity (Wildman–Crippen MR) is 54.3 cm³/mol. The average molecular weight is 180 g/mol. The van der Waals surface area contributed by atoms with E-state index in [-0.39, 0.29) is 5.54 Å². The van der Waals surface area contributed by atoms with E-state index in [4.69, 9.17) is 5.26 Å². The van der Waals surface area contributed by atoms with Gasteiger partial charge in [0.1, 0.15) is 5.54 Å². The second-order valence-corrected chi connectivity index (χ2v) is 4.15. The summed E-state index contributed by atoms with van der Waals surface area (Å²) in [5, 5.41) is 12.3. The third kappa shape index (κ3) is 2.45. The van der Waals surface area contributed by atoms with Crippen LogP contribution in [-0.4, -0.2) is 12.6 Å². The Kier molecular flexibility index (Phi) is 3.74. The molecule has 0 aromatic heterocycles. The molecular formula is C11H20N2. The fourth-order valence-electron chi connectivity index (χ4n) is 2.24. The van der Waals surface area contributed by atoms with Crippen LogP contribution < -0.4 is 5.32 Å². The van der Waals surface area contributed by atoms with Crippen LogP contribution in [0.1, 0.15) is 45.4 Å². The first-order valence-corrected chi connectivity index (χ1v) is 5.36. The van der Waals surface area contributed by atoms with Crippen LogP contribution in [0.25, 0.3) is 0 Å². The topological polar surface area (TPSA) is 35.8 Å². The third-order valence-electron chi connectivity index (χ3n) is 3.47. The van der Waals surface area contributed by atoms with Crippen molar-refractivity contribution in [1.29, 1.82) is 5.26 Å². The Morgan fingerprint density at radius 3 is 2.77 bits per heavy atom. The number of hydrogen-bond donors (Lipinski definition) is 1. The summed E-state index contributed by atoms with van der Waals surface area (Å²) in [6.45, 7) is 2.25. The van der Waals surface area contributed by atoms with E-state index >= 15 is 0 Å². The van der Waals surface area contributed by atoms with Crippen LogP contribution in [0.2, 0.25) is 0 Å². The van der Waals surface area contributed by atoms with Crippen molar-refractivity contribution < 1.29 is 0 Å². The second-order valence-electron chi connectivity index (χ2n) is 4.15. The van der Waals surface area contributed by atoms with E-state index in [2.05, 4.69) is 18.3 Å². The number of nitrogens with one attached hydrogen (secondary N) is 1. The molecule has 0 bridgehead atoms. The predicted octanol–water partition coefficient (Wildman–Crippen LogP) is 2.46. The minimum atomic E-state index is -0.218. The molecule has 0 radical (unpaired) electrons. The summed E-state index contributed by atoms with van der Waals surface area (Å²) in [6, 6.07) is 2.44. The summed E-state index contributed by atoms with van der Waals surface area (Å²) in [6.07, 6.45) is 7.04. The van der Waals surface area contributed by atoms with Gasteiger partial charge in [0.2, 0.25) is 0 Å². The normalized spacial score (nSPS) is 35.0. The van der Waals surface area contributed by atoms with E-state index in [9.17, 15) is 0 Å². The first-order chi connectivity index (χ1) is 6.26. The maximum absolute atomic E-state index is 9.11. The van der Waals surface area contributed by atoms with Gasteiger partial charge in [0.05, 0.1) is 6.07 Å². The molecule has 2 unspecified atom stereocenters. The molecule has 0 amide bonds. The summed E-state index contributed by atoms with van der Waals surface area (Å²) in [5.74, 6) is 0.851. The van der Waals surface area contributed by atoms with Gasteiger partial charge in [-0.3, -0.25) is 0 Å². The van der Waals surface area contributed by atoms with Crippen LogP contribution in [-0.2, 0) is 0 Å². The van der Waals surface area contributed by atoms with Gasteiger partial charge in [0, 0.05) is 0 Å². The van der Waals surface area contributed by atoms with Gasteiger partial charge < -0.3 is 5.32 Å². The molecule has 0 aromatic carbocycles. The molecule has 1 saturated carbocycles. The zero-order chi connectivity index (χ0) is 9.73. The highest BCUT2D eigenvalue weighted by molar-refractivity contribution is 5.07. The van der Waals surface area contributed by atoms with Gasteiger partial charge in [-0.25, -0.2) is 0 Å². The van der Waals surface area contributed by atoms with E-state index in [1.54, 1.807) is 0 Å². The minimum Gasteiger partial charge on any atom is -0.302 e. The Morgan fingerprint density at radius 1 is 1.46 bits per heavy atom. The third-order valence-corrected chi connectivity index (χ3v) is 3.47. The van der Waals surface area contributed by atoms with Crippen LogP contribution in [0.3, 0.4) is 0 Å². The maximum Gasteiger partial charge on any atom is 0.106 e. The lowest BCUT2D eigenvalue weighted by atomic mass is 9.91. The molecule has 1 aliphatic rings. The first kappa shape index (κ1) is 10.5. The van der Waals surface area contributed by atoms with Crippen molar-refractivity contribution >= 4 is 0 Å². The van der Waals surface area contributed by atoms with E-state index in [1.165, 1.54) is 25.7 Å². The molecule has 1 rings (SSSR count). The molecule has 1 N–H and O–H groups in total. The first-order valence-electron chi connectivity index (χ1n) is 5.36. The van der Waals surface area contributed by atoms with Gasteiger partial charge in [-0.2, -0.15) is 5.26 Å². The lowest BCUT2D eigenvalue weighted by molar-refractivity contribution is 0.381. The summed E-state index contributed by atoms with van der Waals surface area (Å²) in [5.41, 5.74) is -0.218. The van der Waals surface area contributed by atoms with Crippen molar-refractivity contribution in [2.75, 3.05) is 7.05 Å². The van der Waals surface area contributed by atoms with Crippen LogP contribution in [0, 0.1) is 17.2 Å². The van der Waals surface area contributed by atoms with Gasteiger partial charge in [-0.15, -0.1) is 0 Å². The molecule has 0 saturated heterocycles. The van der Waals surface area contributed by atoms with Gasteiger partial charge in [0.25, 0.3) is 0 Å². The molecule has 0 heterocycles. The minimum absolute atomic E-state index is 0.218. The fraction of sp³-hybridized carbons (Fsp3) is 0.909. The van der Waals surface area contributed by atoms with E-state index in [0.29, 0.717) is 0 Å². The molecule has 13 heavy (non-hydrogen) atoms. The van der Waals surface area contributed by atoms with E-state index < -0.39 is 0 Å². The quantitative estimate of drug-likeness (QED) is 0.663. The number of nitrogens with zero attached hydrogens (tertiary/aromatic N) is 1. The molecule has 2 atom stereocenters. The lowest BCUT2D eigenvalue weighted by Gasteiger charge is -2.23. The Balaban J connectivity index is 2.57. The average Bonchev–Trinajstić information content (AvgIpc) is 2.40. The van der Waals surface area contributed by atoms with Crippen LogP contribution in [0.4, 0.5) is 0 Å². The monoisotopic (exact) mass is 180 g/mol. The van der Waals surface area contributed by atoms with E-state index in [0.717, 1.165) is 18.8 Å². The van der Waals surface area contributed by atoms with Crippen LogP contribution in [0.15, 0.2) is 0 Å². The van der Waals surface area contributed by atoms with Crippen molar-refractivity contribution in [3.63, 3.8) is 0 Å². The molecular weight excluding hydrogens is 160 g/mol.